The van der Waals surface area contributed by atoms with Gasteiger partial charge >= 0.3 is 0 Å². The molecule has 0 saturated carbocycles. The number of nitriles is 1. The van der Waals surface area contributed by atoms with Crippen molar-refractivity contribution in [3.05, 3.63) is 133 Å². The first kappa shape index (κ1) is 27.0. The van der Waals surface area contributed by atoms with Crippen molar-refractivity contribution in [3.63, 3.8) is 0 Å². The Hall–Kier alpha value is -4.82. The molecule has 7 rings (SSSR count). The van der Waals surface area contributed by atoms with E-state index in [1.54, 1.807) is 11.3 Å². The predicted molar refractivity (Wildman–Crippen MR) is 187 cm³/mol. The maximum absolute atomic E-state index is 9.20. The highest BCUT2D eigenvalue weighted by molar-refractivity contribution is 7.21. The quantitative estimate of drug-likeness (QED) is 0.188. The minimum absolute atomic E-state index is 0.665. The van der Waals surface area contributed by atoms with E-state index >= 15 is 0 Å². The van der Waals surface area contributed by atoms with E-state index in [1.165, 1.54) is 49.3 Å². The summed E-state index contributed by atoms with van der Waals surface area (Å²) in [7, 11) is -1.29. The summed E-state index contributed by atoms with van der Waals surface area (Å²) in [4.78, 5) is 4.78. The Morgan fingerprint density at radius 2 is 1.00 bits per heavy atom. The van der Waals surface area contributed by atoms with Gasteiger partial charge in [0.05, 0.1) is 29.9 Å². The van der Waals surface area contributed by atoms with E-state index in [4.69, 9.17) is 4.98 Å². The lowest BCUT2D eigenvalue weighted by Gasteiger charge is -2.16. The van der Waals surface area contributed by atoms with Crippen LogP contribution in [0.2, 0.25) is 19.6 Å². The summed E-state index contributed by atoms with van der Waals surface area (Å²) in [6.45, 7) is 7.16. The second-order valence-corrected chi connectivity index (χ2v) is 18.2. The first-order valence-electron chi connectivity index (χ1n) is 14.5. The van der Waals surface area contributed by atoms with Gasteiger partial charge in [0.15, 0.2) is 0 Å². The van der Waals surface area contributed by atoms with Gasteiger partial charge in [0.2, 0.25) is 0 Å². The highest BCUT2D eigenvalue weighted by atomic mass is 32.1. The van der Waals surface area contributed by atoms with E-state index in [9.17, 15) is 5.26 Å². The summed E-state index contributed by atoms with van der Waals surface area (Å²) < 4.78 is 1.04. The fourth-order valence-electron chi connectivity index (χ4n) is 5.55. The Labute approximate surface area is 257 Å². The number of rotatable bonds is 5. The molecule has 1 heterocycles. The molecule has 0 fully saturated rings. The van der Waals surface area contributed by atoms with Crippen LogP contribution in [0, 0.1) is 11.3 Å². The molecule has 206 valence electrons. The van der Waals surface area contributed by atoms with Gasteiger partial charge in [0.25, 0.3) is 0 Å². The van der Waals surface area contributed by atoms with E-state index in [2.05, 4.69) is 135 Å². The average molecular weight is 587 g/mol. The Morgan fingerprint density at radius 1 is 0.535 bits per heavy atom. The molecule has 7 aromatic rings. The molecule has 0 N–H and O–H groups in total. The Balaban J connectivity index is 1.10. The minimum Gasteiger partial charge on any atom is -0.236 e. The van der Waals surface area contributed by atoms with Crippen molar-refractivity contribution in [2.45, 2.75) is 19.6 Å². The molecule has 1 aromatic heterocycles. The Bertz CT molecular complexity index is 2140. The number of aromatic nitrogens is 1. The highest BCUT2D eigenvalue weighted by Crippen LogP contribution is 2.34. The number of hydrogen-bond acceptors (Lipinski definition) is 3. The van der Waals surface area contributed by atoms with Gasteiger partial charge in [-0.05, 0) is 74.5 Å². The Morgan fingerprint density at radius 3 is 1.51 bits per heavy atom. The van der Waals surface area contributed by atoms with E-state index in [-0.39, 0.29) is 0 Å². The van der Waals surface area contributed by atoms with Crippen LogP contribution in [0.1, 0.15) is 5.56 Å². The van der Waals surface area contributed by atoms with Gasteiger partial charge in [-0.15, -0.1) is 11.3 Å². The zero-order chi connectivity index (χ0) is 29.6. The standard InChI is InChI=1S/C39H30N2SSi/c1-43(2,3)36-19-17-28(18-20-36)27-5-7-29(8-6-27)32-13-15-35-24-33(14-16-34(35)23-32)30-9-11-31(12-10-30)39-41-37-21-4-26(25-40)22-38(37)42-39/h4-24H,1-3H3. The van der Waals surface area contributed by atoms with E-state index in [0.717, 1.165) is 20.8 Å². The topological polar surface area (TPSA) is 36.7 Å². The molecular formula is C39H30N2SSi. The van der Waals surface area contributed by atoms with Gasteiger partial charge < -0.3 is 0 Å². The van der Waals surface area contributed by atoms with Gasteiger partial charge in [0, 0.05) is 5.56 Å². The molecule has 6 aromatic carbocycles. The van der Waals surface area contributed by atoms with Crippen LogP contribution in [-0.4, -0.2) is 13.1 Å². The molecular weight excluding hydrogens is 557 g/mol. The zero-order valence-corrected chi connectivity index (χ0v) is 26.2. The summed E-state index contributed by atoms with van der Waals surface area (Å²) in [5.41, 5.74) is 10.0. The van der Waals surface area contributed by atoms with Crippen LogP contribution < -0.4 is 5.19 Å². The molecule has 0 bridgehead atoms. The average Bonchev–Trinajstić information content (AvgIpc) is 3.48. The van der Waals surface area contributed by atoms with Crippen molar-refractivity contribution in [3.8, 4) is 50.0 Å². The predicted octanol–water partition coefficient (Wildman–Crippen LogP) is 10.5. The van der Waals surface area contributed by atoms with E-state index in [0.29, 0.717) is 5.56 Å². The van der Waals surface area contributed by atoms with Crippen molar-refractivity contribution >= 4 is 45.6 Å². The molecule has 0 spiro atoms. The van der Waals surface area contributed by atoms with Crippen LogP contribution >= 0.6 is 11.3 Å². The molecule has 2 nitrogen and oxygen atoms in total. The van der Waals surface area contributed by atoms with Gasteiger partial charge in [-0.1, -0.05) is 122 Å². The van der Waals surface area contributed by atoms with Crippen LogP contribution in [0.3, 0.4) is 0 Å². The van der Waals surface area contributed by atoms with Gasteiger partial charge in [-0.25, -0.2) is 4.98 Å². The molecule has 43 heavy (non-hydrogen) atoms. The lowest BCUT2D eigenvalue weighted by atomic mass is 9.96. The second kappa shape index (κ2) is 10.8. The third-order valence-corrected chi connectivity index (χ3v) is 11.3. The lowest BCUT2D eigenvalue weighted by molar-refractivity contribution is 1.46. The van der Waals surface area contributed by atoms with Gasteiger partial charge in [-0.3, -0.25) is 0 Å². The summed E-state index contributed by atoms with van der Waals surface area (Å²) in [5.74, 6) is 0. The second-order valence-electron chi connectivity index (χ2n) is 12.1. The minimum atomic E-state index is -1.29. The molecule has 0 aliphatic carbocycles. The van der Waals surface area contributed by atoms with Crippen molar-refractivity contribution < 1.29 is 0 Å². The molecule has 0 amide bonds. The zero-order valence-electron chi connectivity index (χ0n) is 24.4. The van der Waals surface area contributed by atoms with Gasteiger partial charge in [-0.2, -0.15) is 5.26 Å². The molecule has 0 radical (unpaired) electrons. The summed E-state index contributed by atoms with van der Waals surface area (Å²) in [6.07, 6.45) is 0. The van der Waals surface area contributed by atoms with Crippen LogP contribution in [0.5, 0.6) is 0 Å². The largest absolute Gasteiger partial charge is 0.236 e. The molecule has 0 saturated heterocycles. The Kier molecular flexibility index (Phi) is 6.78. The molecule has 0 aliphatic rings. The number of thiazole rings is 1. The number of nitrogens with zero attached hydrogens (tertiary/aromatic N) is 2. The molecule has 0 atom stereocenters. The third kappa shape index (κ3) is 5.41. The monoisotopic (exact) mass is 586 g/mol. The molecule has 0 unspecified atom stereocenters. The van der Waals surface area contributed by atoms with Crippen molar-refractivity contribution in [1.82, 2.24) is 4.98 Å². The third-order valence-electron chi connectivity index (χ3n) is 8.13. The normalized spacial score (nSPS) is 11.6. The fraction of sp³-hybridized carbons (Fsp3) is 0.0769. The van der Waals surface area contributed by atoms with E-state index in [1.807, 2.05) is 18.2 Å². The first-order chi connectivity index (χ1) is 20.8. The number of hydrogen-bond donors (Lipinski definition) is 0. The van der Waals surface area contributed by atoms with Crippen molar-refractivity contribution in [2.75, 3.05) is 0 Å². The van der Waals surface area contributed by atoms with Crippen LogP contribution in [0.4, 0.5) is 0 Å². The van der Waals surface area contributed by atoms with Crippen molar-refractivity contribution in [2.24, 2.45) is 0 Å². The maximum Gasteiger partial charge on any atom is 0.124 e. The summed E-state index contributed by atoms with van der Waals surface area (Å²) in [6, 6.07) is 47.9. The van der Waals surface area contributed by atoms with Crippen LogP contribution in [-0.2, 0) is 0 Å². The lowest BCUT2D eigenvalue weighted by Crippen LogP contribution is -2.37. The fourth-order valence-corrected chi connectivity index (χ4v) is 7.72. The summed E-state index contributed by atoms with van der Waals surface area (Å²) in [5, 5.41) is 14.1. The van der Waals surface area contributed by atoms with Gasteiger partial charge in [0.1, 0.15) is 5.01 Å². The summed E-state index contributed by atoms with van der Waals surface area (Å²) >= 11 is 1.62. The SMILES string of the molecule is C[Si](C)(C)c1ccc(-c2ccc(-c3ccc4cc(-c5ccc(-c6nc7ccc(C#N)cc7s6)cc5)ccc4c3)cc2)cc1. The smallest absolute Gasteiger partial charge is 0.124 e. The maximum atomic E-state index is 9.20. The first-order valence-corrected chi connectivity index (χ1v) is 18.8. The number of benzene rings is 6. The van der Waals surface area contributed by atoms with Crippen LogP contribution in [0.25, 0.3) is 64.9 Å². The van der Waals surface area contributed by atoms with Crippen LogP contribution in [0.15, 0.2) is 127 Å². The highest BCUT2D eigenvalue weighted by Gasteiger charge is 2.16. The van der Waals surface area contributed by atoms with E-state index < -0.39 is 8.07 Å². The molecule has 4 heteroatoms. The van der Waals surface area contributed by atoms with Crippen molar-refractivity contribution in [1.29, 1.82) is 5.26 Å². The molecule has 0 aliphatic heterocycles. The number of fused-ring (bicyclic) bond motifs is 2.